The number of hydrogen-bond acceptors (Lipinski definition) is 2. The molecule has 0 spiro atoms. The van der Waals surface area contributed by atoms with E-state index in [1.807, 2.05) is 0 Å². The fraction of sp³-hybridized carbons (Fsp3) is 0. The summed E-state index contributed by atoms with van der Waals surface area (Å²) in [5.74, 6) is 0. The third-order valence-electron chi connectivity index (χ3n) is 9.27. The summed E-state index contributed by atoms with van der Waals surface area (Å²) in [4.78, 5) is 2.41. The van der Waals surface area contributed by atoms with E-state index in [2.05, 4.69) is 193 Å². The fourth-order valence-corrected chi connectivity index (χ4v) is 6.97. The minimum atomic E-state index is 0.864. The highest BCUT2D eigenvalue weighted by Gasteiger charge is 2.25. The highest BCUT2D eigenvalue weighted by Crippen LogP contribution is 2.49. The first-order valence-corrected chi connectivity index (χ1v) is 16.4. The molecule has 0 aliphatic carbocycles. The van der Waals surface area contributed by atoms with Gasteiger partial charge in [-0.05, 0) is 81.1 Å². The quantitative estimate of drug-likeness (QED) is 0.185. The molecule has 0 bridgehead atoms. The highest BCUT2D eigenvalue weighted by atomic mass is 16.3. The Morgan fingerprint density at radius 2 is 0.792 bits per heavy atom. The molecule has 9 rings (SSSR count). The lowest BCUT2D eigenvalue weighted by Gasteiger charge is -2.29. The van der Waals surface area contributed by atoms with Gasteiger partial charge in [-0.3, -0.25) is 0 Å². The number of nitrogens with zero attached hydrogens (tertiary/aromatic N) is 1. The fourth-order valence-electron chi connectivity index (χ4n) is 6.97. The van der Waals surface area contributed by atoms with E-state index in [4.69, 9.17) is 4.42 Å². The van der Waals surface area contributed by atoms with Crippen LogP contribution in [0.15, 0.2) is 192 Å². The Morgan fingerprint density at radius 1 is 0.333 bits per heavy atom. The van der Waals surface area contributed by atoms with Crippen LogP contribution in [0.25, 0.3) is 66.1 Å². The Morgan fingerprint density at radius 3 is 1.38 bits per heavy atom. The van der Waals surface area contributed by atoms with Gasteiger partial charge >= 0.3 is 0 Å². The maximum Gasteiger partial charge on any atom is 0.137 e. The first-order chi connectivity index (χ1) is 23.8. The van der Waals surface area contributed by atoms with Gasteiger partial charge in [0.15, 0.2) is 0 Å². The van der Waals surface area contributed by atoms with Crippen molar-refractivity contribution in [2.24, 2.45) is 0 Å². The van der Waals surface area contributed by atoms with Crippen LogP contribution in [0.3, 0.4) is 0 Å². The smallest absolute Gasteiger partial charge is 0.137 e. The van der Waals surface area contributed by atoms with Gasteiger partial charge < -0.3 is 9.32 Å². The second-order valence-electron chi connectivity index (χ2n) is 12.1. The van der Waals surface area contributed by atoms with Crippen molar-refractivity contribution >= 4 is 49.8 Å². The van der Waals surface area contributed by atoms with Crippen molar-refractivity contribution in [2.45, 2.75) is 0 Å². The van der Waals surface area contributed by atoms with Crippen LogP contribution in [-0.2, 0) is 0 Å². The monoisotopic (exact) mass is 613 g/mol. The molecule has 9 aromatic rings. The Labute approximate surface area is 279 Å². The topological polar surface area (TPSA) is 16.4 Å². The zero-order valence-electron chi connectivity index (χ0n) is 26.3. The Kier molecular flexibility index (Phi) is 6.84. The van der Waals surface area contributed by atoms with E-state index >= 15 is 0 Å². The second kappa shape index (κ2) is 11.8. The molecule has 0 aliphatic rings. The highest BCUT2D eigenvalue weighted by molar-refractivity contribution is 6.25. The molecule has 226 valence electrons. The lowest BCUT2D eigenvalue weighted by Crippen LogP contribution is -2.12. The molecule has 1 aromatic heterocycles. The summed E-state index contributed by atoms with van der Waals surface area (Å²) >= 11 is 0. The van der Waals surface area contributed by atoms with Crippen molar-refractivity contribution in [3.63, 3.8) is 0 Å². The van der Waals surface area contributed by atoms with E-state index in [9.17, 15) is 0 Å². The molecule has 0 aliphatic heterocycles. The molecule has 0 saturated carbocycles. The van der Waals surface area contributed by atoms with Gasteiger partial charge in [-0.1, -0.05) is 146 Å². The number of anilines is 3. The van der Waals surface area contributed by atoms with Crippen molar-refractivity contribution in [3.05, 3.63) is 188 Å². The predicted octanol–water partition coefficient (Wildman–Crippen LogP) is 13.2. The first-order valence-electron chi connectivity index (χ1n) is 16.4. The molecule has 2 heteroatoms. The van der Waals surface area contributed by atoms with Crippen LogP contribution in [0.4, 0.5) is 17.1 Å². The van der Waals surface area contributed by atoms with Crippen LogP contribution < -0.4 is 4.90 Å². The Bertz CT molecular complexity index is 2430. The third-order valence-corrected chi connectivity index (χ3v) is 9.27. The third kappa shape index (κ3) is 4.83. The maximum absolute atomic E-state index is 6.64. The van der Waals surface area contributed by atoms with Crippen LogP contribution >= 0.6 is 0 Å². The Balaban J connectivity index is 1.35. The van der Waals surface area contributed by atoms with E-state index in [0.717, 1.165) is 50.1 Å². The van der Waals surface area contributed by atoms with E-state index in [-0.39, 0.29) is 0 Å². The summed E-state index contributed by atoms with van der Waals surface area (Å²) in [6.07, 6.45) is 0. The summed E-state index contributed by atoms with van der Waals surface area (Å²) < 4.78 is 6.64. The second-order valence-corrected chi connectivity index (χ2v) is 12.1. The van der Waals surface area contributed by atoms with Crippen LogP contribution in [0.2, 0.25) is 0 Å². The van der Waals surface area contributed by atoms with Crippen molar-refractivity contribution in [1.82, 2.24) is 0 Å². The molecule has 0 unspecified atom stereocenters. The molecule has 8 aromatic carbocycles. The van der Waals surface area contributed by atoms with Crippen LogP contribution in [0.1, 0.15) is 0 Å². The van der Waals surface area contributed by atoms with Crippen molar-refractivity contribution in [2.75, 3.05) is 4.90 Å². The minimum Gasteiger partial charge on any atom is -0.456 e. The van der Waals surface area contributed by atoms with Gasteiger partial charge in [-0.15, -0.1) is 0 Å². The SMILES string of the molecule is c1ccc(-c2ccc(N(c3ccc(-c4ccccc4)cc3)c3c(-c4ccccc4)ccc4oc5ccc6ccccc6c5c34)cc2)cc1. The summed E-state index contributed by atoms with van der Waals surface area (Å²) in [6.45, 7) is 0. The van der Waals surface area contributed by atoms with Crippen LogP contribution in [0, 0.1) is 0 Å². The predicted molar refractivity (Wildman–Crippen MR) is 202 cm³/mol. The largest absolute Gasteiger partial charge is 0.456 e. The Hall–Kier alpha value is -6.38. The average Bonchev–Trinajstić information content (AvgIpc) is 3.56. The van der Waals surface area contributed by atoms with Gasteiger partial charge in [0.2, 0.25) is 0 Å². The number of fused-ring (bicyclic) bond motifs is 5. The van der Waals surface area contributed by atoms with Gasteiger partial charge in [0, 0.05) is 22.3 Å². The van der Waals surface area contributed by atoms with E-state index in [1.54, 1.807) is 0 Å². The number of furan rings is 1. The van der Waals surface area contributed by atoms with E-state index < -0.39 is 0 Å². The number of rotatable bonds is 6. The molecule has 0 fully saturated rings. The van der Waals surface area contributed by atoms with Gasteiger partial charge in [-0.2, -0.15) is 0 Å². The average molecular weight is 614 g/mol. The van der Waals surface area contributed by atoms with Gasteiger partial charge in [0.25, 0.3) is 0 Å². The lowest BCUT2D eigenvalue weighted by molar-refractivity contribution is 0.669. The zero-order chi connectivity index (χ0) is 31.9. The van der Waals surface area contributed by atoms with Gasteiger partial charge in [0.1, 0.15) is 11.2 Å². The maximum atomic E-state index is 6.64. The molecule has 2 nitrogen and oxygen atoms in total. The van der Waals surface area contributed by atoms with Crippen molar-refractivity contribution in [3.8, 4) is 33.4 Å². The van der Waals surface area contributed by atoms with Crippen molar-refractivity contribution in [1.29, 1.82) is 0 Å². The number of hydrogen-bond donors (Lipinski definition) is 0. The summed E-state index contributed by atoms with van der Waals surface area (Å²) in [5, 5.41) is 4.60. The summed E-state index contributed by atoms with van der Waals surface area (Å²) in [6, 6.07) is 66.8. The van der Waals surface area contributed by atoms with Crippen LogP contribution in [0.5, 0.6) is 0 Å². The molecule has 0 saturated heterocycles. The molecule has 0 N–H and O–H groups in total. The van der Waals surface area contributed by atoms with Crippen LogP contribution in [-0.4, -0.2) is 0 Å². The molecule has 0 atom stereocenters. The standard InChI is InChI=1S/C46H31NO/c1-4-12-32(13-5-1)34-20-25-38(26-21-34)47(39-27-22-35(23-28-39)33-14-6-2-7-15-33)46-41(36-16-8-3-9-17-36)29-31-43-45(46)44-40-19-11-10-18-37(40)24-30-42(44)48-43/h1-31H. The molecule has 1 heterocycles. The summed E-state index contributed by atoms with van der Waals surface area (Å²) in [5.41, 5.74) is 12.0. The molecule has 0 radical (unpaired) electrons. The molecule has 0 amide bonds. The van der Waals surface area contributed by atoms with Crippen molar-refractivity contribution < 1.29 is 4.42 Å². The first kappa shape index (κ1) is 27.9. The van der Waals surface area contributed by atoms with Gasteiger partial charge in [-0.25, -0.2) is 0 Å². The lowest BCUT2D eigenvalue weighted by atomic mass is 9.95. The molecule has 48 heavy (non-hydrogen) atoms. The van der Waals surface area contributed by atoms with Gasteiger partial charge in [0.05, 0.1) is 11.1 Å². The van der Waals surface area contributed by atoms with E-state index in [0.29, 0.717) is 0 Å². The molecular weight excluding hydrogens is 583 g/mol. The van der Waals surface area contributed by atoms with E-state index in [1.165, 1.54) is 33.0 Å². The molecular formula is C46H31NO. The normalized spacial score (nSPS) is 11.3. The number of benzene rings is 8. The minimum absolute atomic E-state index is 0.864. The summed E-state index contributed by atoms with van der Waals surface area (Å²) in [7, 11) is 0. The zero-order valence-corrected chi connectivity index (χ0v) is 26.3.